The predicted molar refractivity (Wildman–Crippen MR) is 60.0 cm³/mol. The van der Waals surface area contributed by atoms with E-state index in [1.165, 1.54) is 28.6 Å². The lowest BCUT2D eigenvalue weighted by molar-refractivity contribution is -0.120. The molecule has 0 heterocycles. The van der Waals surface area contributed by atoms with E-state index in [1.54, 1.807) is 0 Å². The summed E-state index contributed by atoms with van der Waals surface area (Å²) in [6.07, 6.45) is 1.97. The first-order valence-electron chi connectivity index (χ1n) is 3.77. The van der Waals surface area contributed by atoms with Gasteiger partial charge in [0.25, 0.3) is 10.1 Å². The summed E-state index contributed by atoms with van der Waals surface area (Å²) < 4.78 is 30.4. The SMILES string of the molecule is CNC(=O)C(CCSSC)S(=O)(=O)O. The van der Waals surface area contributed by atoms with Crippen molar-refractivity contribution in [3.63, 3.8) is 0 Å². The van der Waals surface area contributed by atoms with Gasteiger partial charge in [-0.15, -0.1) is 0 Å². The average molecular weight is 259 g/mol. The van der Waals surface area contributed by atoms with Crippen molar-refractivity contribution in [3.05, 3.63) is 0 Å². The highest BCUT2D eigenvalue weighted by Gasteiger charge is 2.29. The van der Waals surface area contributed by atoms with Gasteiger partial charge in [-0.1, -0.05) is 21.6 Å². The molecule has 1 amide bonds. The molecule has 0 saturated heterocycles. The lowest BCUT2D eigenvalue weighted by Gasteiger charge is -2.11. The van der Waals surface area contributed by atoms with Crippen LogP contribution in [0.2, 0.25) is 0 Å². The molecule has 1 unspecified atom stereocenters. The molecule has 5 nitrogen and oxygen atoms in total. The Morgan fingerprint density at radius 1 is 1.57 bits per heavy atom. The summed E-state index contributed by atoms with van der Waals surface area (Å²) in [6, 6.07) is 0. The van der Waals surface area contributed by atoms with Gasteiger partial charge in [-0.3, -0.25) is 9.35 Å². The van der Waals surface area contributed by atoms with E-state index < -0.39 is 21.3 Å². The number of nitrogens with one attached hydrogen (secondary N) is 1. The van der Waals surface area contributed by atoms with E-state index >= 15 is 0 Å². The number of hydrogen-bond acceptors (Lipinski definition) is 5. The lowest BCUT2D eigenvalue weighted by Crippen LogP contribution is -2.38. The molecule has 0 aliphatic heterocycles. The third kappa shape index (κ3) is 5.08. The fraction of sp³-hybridized carbons (Fsp3) is 0.833. The Kier molecular flexibility index (Phi) is 6.58. The van der Waals surface area contributed by atoms with Gasteiger partial charge in [0.15, 0.2) is 5.25 Å². The highest BCUT2D eigenvalue weighted by atomic mass is 33.1. The summed E-state index contributed by atoms with van der Waals surface area (Å²) in [5.41, 5.74) is 0. The van der Waals surface area contributed by atoms with Crippen molar-refractivity contribution >= 4 is 37.6 Å². The van der Waals surface area contributed by atoms with E-state index in [0.29, 0.717) is 5.75 Å². The Labute approximate surface area is 91.6 Å². The number of carbonyl (C=O) groups is 1. The molecular formula is C6H13NO4S3. The Balaban J connectivity index is 4.35. The van der Waals surface area contributed by atoms with Gasteiger partial charge in [-0.2, -0.15) is 8.42 Å². The van der Waals surface area contributed by atoms with Crippen LogP contribution in [0.1, 0.15) is 6.42 Å². The maximum absolute atomic E-state index is 11.1. The standard InChI is InChI=1S/C6H13NO4S3/c1-7-6(8)5(14(9,10)11)3-4-13-12-2/h5H,3-4H2,1-2H3,(H,7,8)(H,9,10,11). The largest absolute Gasteiger partial charge is 0.358 e. The summed E-state index contributed by atoms with van der Waals surface area (Å²) in [7, 11) is -0.0322. The summed E-state index contributed by atoms with van der Waals surface area (Å²) in [6.45, 7) is 0. The molecule has 1 atom stereocenters. The van der Waals surface area contributed by atoms with E-state index in [4.69, 9.17) is 4.55 Å². The molecule has 0 saturated carbocycles. The second-order valence-electron chi connectivity index (χ2n) is 2.40. The van der Waals surface area contributed by atoms with Crippen LogP contribution in [0.5, 0.6) is 0 Å². The summed E-state index contributed by atoms with van der Waals surface area (Å²) in [5, 5.41) is 0.850. The van der Waals surface area contributed by atoms with Crippen LogP contribution in [0.4, 0.5) is 0 Å². The fourth-order valence-electron chi connectivity index (χ4n) is 0.815. The van der Waals surface area contributed by atoms with Crippen LogP contribution in [-0.2, 0) is 14.9 Å². The molecular weight excluding hydrogens is 246 g/mol. The van der Waals surface area contributed by atoms with E-state index in [0.717, 1.165) is 0 Å². The second-order valence-corrected chi connectivity index (χ2v) is 6.68. The van der Waals surface area contributed by atoms with Gasteiger partial charge >= 0.3 is 0 Å². The van der Waals surface area contributed by atoms with Crippen molar-refractivity contribution in [2.24, 2.45) is 0 Å². The van der Waals surface area contributed by atoms with Crippen LogP contribution < -0.4 is 5.32 Å². The van der Waals surface area contributed by atoms with Crippen molar-refractivity contribution < 1.29 is 17.8 Å². The first-order chi connectivity index (χ1) is 6.43. The topological polar surface area (TPSA) is 83.5 Å². The van der Waals surface area contributed by atoms with Crippen molar-refractivity contribution in [2.45, 2.75) is 11.7 Å². The van der Waals surface area contributed by atoms with Gasteiger partial charge in [0.2, 0.25) is 5.91 Å². The van der Waals surface area contributed by atoms with E-state index in [-0.39, 0.29) is 6.42 Å². The number of hydrogen-bond donors (Lipinski definition) is 2. The van der Waals surface area contributed by atoms with Crippen LogP contribution in [0.3, 0.4) is 0 Å². The van der Waals surface area contributed by atoms with Crippen LogP contribution in [0.15, 0.2) is 0 Å². The predicted octanol–water partition coefficient (Wildman–Crippen LogP) is 0.390. The van der Waals surface area contributed by atoms with Crippen molar-refractivity contribution in [2.75, 3.05) is 19.1 Å². The van der Waals surface area contributed by atoms with Gasteiger partial charge in [0.05, 0.1) is 0 Å². The number of carbonyl (C=O) groups excluding carboxylic acids is 1. The molecule has 14 heavy (non-hydrogen) atoms. The third-order valence-corrected chi connectivity index (χ3v) is 4.49. The monoisotopic (exact) mass is 259 g/mol. The Morgan fingerprint density at radius 2 is 2.14 bits per heavy atom. The van der Waals surface area contributed by atoms with Gasteiger partial charge < -0.3 is 5.32 Å². The van der Waals surface area contributed by atoms with Gasteiger partial charge in [-0.25, -0.2) is 0 Å². The lowest BCUT2D eigenvalue weighted by atomic mass is 10.3. The number of amides is 1. The summed E-state index contributed by atoms with van der Waals surface area (Å²) in [4.78, 5) is 11.1. The van der Waals surface area contributed by atoms with Crippen LogP contribution in [0.25, 0.3) is 0 Å². The van der Waals surface area contributed by atoms with Crippen LogP contribution in [0, 0.1) is 0 Å². The van der Waals surface area contributed by atoms with Gasteiger partial charge in [-0.05, 0) is 12.7 Å². The van der Waals surface area contributed by atoms with Crippen LogP contribution >= 0.6 is 21.6 Å². The van der Waals surface area contributed by atoms with Crippen LogP contribution in [-0.4, -0.2) is 43.2 Å². The maximum Gasteiger partial charge on any atom is 0.276 e. The zero-order valence-corrected chi connectivity index (χ0v) is 10.3. The minimum atomic E-state index is -4.29. The third-order valence-electron chi connectivity index (χ3n) is 1.48. The Morgan fingerprint density at radius 3 is 2.50 bits per heavy atom. The molecule has 8 heteroatoms. The van der Waals surface area contributed by atoms with Gasteiger partial charge in [0, 0.05) is 12.8 Å². The molecule has 2 N–H and O–H groups in total. The van der Waals surface area contributed by atoms with Crippen molar-refractivity contribution in [1.29, 1.82) is 0 Å². The molecule has 84 valence electrons. The highest BCUT2D eigenvalue weighted by molar-refractivity contribution is 8.76. The molecule has 0 aromatic carbocycles. The summed E-state index contributed by atoms with van der Waals surface area (Å²) in [5.74, 6) is -0.173. The second kappa shape index (κ2) is 6.54. The average Bonchev–Trinajstić information content (AvgIpc) is 2.09. The molecule has 0 aliphatic carbocycles. The molecule has 0 spiro atoms. The smallest absolute Gasteiger partial charge is 0.276 e. The summed E-state index contributed by atoms with van der Waals surface area (Å²) >= 11 is 0. The molecule has 0 aliphatic rings. The molecule has 0 bridgehead atoms. The minimum Gasteiger partial charge on any atom is -0.358 e. The first kappa shape index (κ1) is 14.1. The molecule has 0 aromatic rings. The normalized spacial score (nSPS) is 13.6. The molecule has 0 aromatic heterocycles. The van der Waals surface area contributed by atoms with Crippen molar-refractivity contribution in [1.82, 2.24) is 5.32 Å². The Hall–Kier alpha value is 0.0800. The van der Waals surface area contributed by atoms with Crippen molar-refractivity contribution in [3.8, 4) is 0 Å². The molecule has 0 radical (unpaired) electrons. The minimum absolute atomic E-state index is 0.115. The van der Waals surface area contributed by atoms with E-state index in [2.05, 4.69) is 5.32 Å². The Bertz CT molecular complexity index is 277. The maximum atomic E-state index is 11.1. The fourth-order valence-corrected chi connectivity index (χ4v) is 3.06. The highest BCUT2D eigenvalue weighted by Crippen LogP contribution is 2.20. The molecule has 0 rings (SSSR count). The number of rotatable bonds is 6. The van der Waals surface area contributed by atoms with E-state index in [9.17, 15) is 13.2 Å². The molecule has 0 fully saturated rings. The quantitative estimate of drug-likeness (QED) is 0.408. The first-order valence-corrected chi connectivity index (χ1v) is 8.00. The zero-order valence-electron chi connectivity index (χ0n) is 7.89. The van der Waals surface area contributed by atoms with E-state index in [1.807, 2.05) is 6.26 Å². The van der Waals surface area contributed by atoms with Gasteiger partial charge in [0.1, 0.15) is 0 Å². The zero-order chi connectivity index (χ0) is 11.2.